The number of aromatic nitrogens is 4. The minimum Gasteiger partial charge on any atom is -0.391 e. The monoisotopic (exact) mass is 362 g/mol. The van der Waals surface area contributed by atoms with Crippen LogP contribution in [0.3, 0.4) is 0 Å². The summed E-state index contributed by atoms with van der Waals surface area (Å²) in [6.45, 7) is 3.36. The summed E-state index contributed by atoms with van der Waals surface area (Å²) in [7, 11) is 0. The summed E-state index contributed by atoms with van der Waals surface area (Å²) in [5, 5.41) is 14.8. The molecule has 2 saturated heterocycles. The molecule has 3 aromatic heterocycles. The Morgan fingerprint density at radius 2 is 1.81 bits per heavy atom. The molecule has 0 saturated carbocycles. The standard InChI is InChI=1S/C20H22N6O/c27-17-12-23-13-20(17)4-9-26(10-5-20)19-15-3-8-22-11-16(15)24-18(25-19)14-1-6-21-7-2-14/h1-3,6-8,11,17,23,27H,4-5,9-10,12-13H2. The number of hydrogen-bond acceptors (Lipinski definition) is 7. The van der Waals surface area contributed by atoms with Crippen molar-refractivity contribution < 1.29 is 5.11 Å². The Morgan fingerprint density at radius 1 is 1.04 bits per heavy atom. The highest BCUT2D eigenvalue weighted by Gasteiger charge is 2.44. The lowest BCUT2D eigenvalue weighted by molar-refractivity contribution is 0.0495. The first-order valence-corrected chi connectivity index (χ1v) is 9.41. The molecule has 0 aliphatic carbocycles. The molecule has 1 unspecified atom stereocenters. The van der Waals surface area contributed by atoms with E-state index >= 15 is 0 Å². The first kappa shape index (κ1) is 16.5. The van der Waals surface area contributed by atoms with Crippen molar-refractivity contribution in [3.8, 4) is 11.4 Å². The Bertz CT molecular complexity index is 955. The van der Waals surface area contributed by atoms with E-state index in [9.17, 15) is 5.11 Å². The highest BCUT2D eigenvalue weighted by Crippen LogP contribution is 2.39. The maximum atomic E-state index is 10.4. The molecule has 2 aliphatic rings. The highest BCUT2D eigenvalue weighted by atomic mass is 16.3. The lowest BCUT2D eigenvalue weighted by atomic mass is 9.76. The Kier molecular flexibility index (Phi) is 3.98. The van der Waals surface area contributed by atoms with E-state index in [1.54, 1.807) is 24.8 Å². The van der Waals surface area contributed by atoms with E-state index in [2.05, 4.69) is 20.2 Å². The number of piperidine rings is 1. The van der Waals surface area contributed by atoms with Gasteiger partial charge in [-0.3, -0.25) is 9.97 Å². The van der Waals surface area contributed by atoms with Crippen LogP contribution in [0.1, 0.15) is 12.8 Å². The van der Waals surface area contributed by atoms with Crippen molar-refractivity contribution in [1.82, 2.24) is 25.3 Å². The second-order valence-corrected chi connectivity index (χ2v) is 7.50. The van der Waals surface area contributed by atoms with Gasteiger partial charge in [-0.2, -0.15) is 0 Å². The number of β-amino-alcohol motifs (C(OH)–C–C–N with tert-alkyl or cyclic N) is 1. The molecule has 5 heterocycles. The van der Waals surface area contributed by atoms with Crippen LogP contribution in [0, 0.1) is 5.41 Å². The molecule has 138 valence electrons. The van der Waals surface area contributed by atoms with E-state index in [1.807, 2.05) is 18.2 Å². The molecule has 7 heteroatoms. The lowest BCUT2D eigenvalue weighted by Crippen LogP contribution is -2.46. The minimum absolute atomic E-state index is 0.00875. The SMILES string of the molecule is OC1CNCC12CCN(c1nc(-c3ccncc3)nc3cnccc13)CC2. The smallest absolute Gasteiger partial charge is 0.162 e. The van der Waals surface area contributed by atoms with Gasteiger partial charge in [-0.15, -0.1) is 0 Å². The Labute approximate surface area is 157 Å². The third-order valence-corrected chi connectivity index (χ3v) is 6.00. The lowest BCUT2D eigenvalue weighted by Gasteiger charge is -2.41. The van der Waals surface area contributed by atoms with E-state index in [-0.39, 0.29) is 11.5 Å². The summed E-state index contributed by atoms with van der Waals surface area (Å²) in [6, 6.07) is 5.83. The number of anilines is 1. The fraction of sp³-hybridized carbons (Fsp3) is 0.400. The topological polar surface area (TPSA) is 87.1 Å². The van der Waals surface area contributed by atoms with Crippen LogP contribution in [0.2, 0.25) is 0 Å². The van der Waals surface area contributed by atoms with Gasteiger partial charge in [-0.1, -0.05) is 0 Å². The Hall–Kier alpha value is -2.64. The van der Waals surface area contributed by atoms with Gasteiger partial charge in [0.25, 0.3) is 0 Å². The number of hydrogen-bond donors (Lipinski definition) is 2. The van der Waals surface area contributed by atoms with Crippen molar-refractivity contribution in [1.29, 1.82) is 0 Å². The van der Waals surface area contributed by atoms with Crippen molar-refractivity contribution in [2.24, 2.45) is 5.41 Å². The van der Waals surface area contributed by atoms with Gasteiger partial charge in [-0.05, 0) is 31.0 Å². The van der Waals surface area contributed by atoms with Crippen LogP contribution in [0.15, 0.2) is 43.0 Å². The molecular formula is C20H22N6O. The van der Waals surface area contributed by atoms with E-state index in [4.69, 9.17) is 9.97 Å². The maximum Gasteiger partial charge on any atom is 0.162 e. The molecule has 0 bridgehead atoms. The van der Waals surface area contributed by atoms with Gasteiger partial charge in [0.2, 0.25) is 0 Å². The zero-order valence-electron chi connectivity index (χ0n) is 15.0. The molecule has 1 atom stereocenters. The summed E-state index contributed by atoms with van der Waals surface area (Å²) in [5.41, 5.74) is 1.80. The molecule has 2 fully saturated rings. The van der Waals surface area contributed by atoms with Gasteiger partial charge in [0.05, 0.1) is 17.8 Å². The molecule has 2 N–H and O–H groups in total. The van der Waals surface area contributed by atoms with Crippen LogP contribution in [0.25, 0.3) is 22.3 Å². The predicted molar refractivity (Wildman–Crippen MR) is 103 cm³/mol. The number of rotatable bonds is 2. The molecular weight excluding hydrogens is 340 g/mol. The zero-order valence-corrected chi connectivity index (χ0v) is 15.0. The molecule has 1 spiro atoms. The fourth-order valence-corrected chi connectivity index (χ4v) is 4.30. The van der Waals surface area contributed by atoms with Crippen LogP contribution in [-0.4, -0.2) is 57.3 Å². The number of nitrogens with one attached hydrogen (secondary N) is 1. The fourth-order valence-electron chi connectivity index (χ4n) is 4.30. The van der Waals surface area contributed by atoms with Crippen LogP contribution in [0.5, 0.6) is 0 Å². The minimum atomic E-state index is -0.252. The third-order valence-electron chi connectivity index (χ3n) is 6.00. The van der Waals surface area contributed by atoms with Gasteiger partial charge in [0.15, 0.2) is 5.82 Å². The van der Waals surface area contributed by atoms with Crippen LogP contribution >= 0.6 is 0 Å². The van der Waals surface area contributed by atoms with Crippen molar-refractivity contribution in [3.63, 3.8) is 0 Å². The van der Waals surface area contributed by atoms with E-state index in [1.165, 1.54) is 0 Å². The van der Waals surface area contributed by atoms with E-state index in [0.29, 0.717) is 12.4 Å². The quantitative estimate of drug-likeness (QED) is 0.716. The van der Waals surface area contributed by atoms with Crippen LogP contribution < -0.4 is 10.2 Å². The number of pyridine rings is 2. The van der Waals surface area contributed by atoms with Gasteiger partial charge in [0, 0.05) is 61.1 Å². The summed E-state index contributed by atoms with van der Waals surface area (Å²) in [5.74, 6) is 1.64. The molecule has 5 rings (SSSR count). The average molecular weight is 362 g/mol. The summed E-state index contributed by atoms with van der Waals surface area (Å²) in [6.07, 6.45) is 8.76. The molecule has 0 amide bonds. The third kappa shape index (κ3) is 2.83. The van der Waals surface area contributed by atoms with Crippen molar-refractivity contribution in [3.05, 3.63) is 43.0 Å². The summed E-state index contributed by atoms with van der Waals surface area (Å²) in [4.78, 5) is 20.3. The van der Waals surface area contributed by atoms with Gasteiger partial charge in [0.1, 0.15) is 5.82 Å². The highest BCUT2D eigenvalue weighted by molar-refractivity contribution is 5.90. The summed E-state index contributed by atoms with van der Waals surface area (Å²) < 4.78 is 0. The Balaban J connectivity index is 1.53. The second-order valence-electron chi connectivity index (χ2n) is 7.50. The molecule has 0 radical (unpaired) electrons. The van der Waals surface area contributed by atoms with Crippen molar-refractivity contribution in [2.45, 2.75) is 18.9 Å². The van der Waals surface area contributed by atoms with E-state index < -0.39 is 0 Å². The number of nitrogens with zero attached hydrogens (tertiary/aromatic N) is 5. The number of aliphatic hydroxyl groups excluding tert-OH is 1. The van der Waals surface area contributed by atoms with Crippen molar-refractivity contribution in [2.75, 3.05) is 31.1 Å². The largest absolute Gasteiger partial charge is 0.391 e. The van der Waals surface area contributed by atoms with Crippen LogP contribution in [0.4, 0.5) is 5.82 Å². The number of aliphatic hydroxyl groups is 1. The van der Waals surface area contributed by atoms with Gasteiger partial charge < -0.3 is 15.3 Å². The second kappa shape index (κ2) is 6.51. The first-order valence-electron chi connectivity index (χ1n) is 9.41. The van der Waals surface area contributed by atoms with Gasteiger partial charge in [-0.25, -0.2) is 9.97 Å². The van der Waals surface area contributed by atoms with E-state index in [0.717, 1.165) is 54.8 Å². The first-order chi connectivity index (χ1) is 13.3. The zero-order chi connectivity index (χ0) is 18.3. The van der Waals surface area contributed by atoms with Crippen LogP contribution in [-0.2, 0) is 0 Å². The van der Waals surface area contributed by atoms with Gasteiger partial charge >= 0.3 is 0 Å². The molecule has 27 heavy (non-hydrogen) atoms. The molecule has 3 aromatic rings. The Morgan fingerprint density at radius 3 is 2.56 bits per heavy atom. The number of fused-ring (bicyclic) bond motifs is 1. The normalized spacial score (nSPS) is 21.8. The molecule has 0 aromatic carbocycles. The maximum absolute atomic E-state index is 10.4. The van der Waals surface area contributed by atoms with Crippen molar-refractivity contribution >= 4 is 16.7 Å². The summed E-state index contributed by atoms with van der Waals surface area (Å²) >= 11 is 0. The molecule has 2 aliphatic heterocycles. The molecule has 7 nitrogen and oxygen atoms in total. The predicted octanol–water partition coefficient (Wildman–Crippen LogP) is 1.64. The average Bonchev–Trinajstić information content (AvgIpc) is 3.08.